The predicted molar refractivity (Wildman–Crippen MR) is 57.8 cm³/mol. The molecule has 4 heteroatoms. The molecule has 2 N–H and O–H groups in total. The zero-order valence-corrected chi connectivity index (χ0v) is 8.92. The number of nitrogens with zero attached hydrogens (tertiary/aromatic N) is 2. The molecule has 0 radical (unpaired) electrons. The van der Waals surface area contributed by atoms with Gasteiger partial charge < -0.3 is 10.6 Å². The van der Waals surface area contributed by atoms with Crippen molar-refractivity contribution in [1.82, 2.24) is 4.98 Å². The van der Waals surface area contributed by atoms with E-state index in [2.05, 4.69) is 25.8 Å². The van der Waals surface area contributed by atoms with Crippen LogP contribution < -0.4 is 10.6 Å². The lowest BCUT2D eigenvalue weighted by Gasteiger charge is -2.18. The standard InChI is InChI=1S/C9H12BrN3/c10-7-5-8(9(11)12-6-7)13-3-1-2-4-13/h5-6H,1-4H2,(H2,11,12). The smallest absolute Gasteiger partial charge is 0.147 e. The normalized spacial score (nSPS) is 16.5. The molecule has 0 bridgehead atoms. The van der Waals surface area contributed by atoms with Gasteiger partial charge in [0.1, 0.15) is 5.82 Å². The summed E-state index contributed by atoms with van der Waals surface area (Å²) in [5.74, 6) is 0.630. The van der Waals surface area contributed by atoms with Gasteiger partial charge in [-0.25, -0.2) is 4.98 Å². The van der Waals surface area contributed by atoms with Crippen molar-refractivity contribution in [3.8, 4) is 0 Å². The Morgan fingerprint density at radius 3 is 2.77 bits per heavy atom. The van der Waals surface area contributed by atoms with Crippen LogP contribution in [0.15, 0.2) is 16.7 Å². The fourth-order valence-corrected chi connectivity index (χ4v) is 1.97. The summed E-state index contributed by atoms with van der Waals surface area (Å²) in [7, 11) is 0. The maximum absolute atomic E-state index is 5.80. The molecule has 0 saturated carbocycles. The van der Waals surface area contributed by atoms with Crippen LogP contribution in [0.5, 0.6) is 0 Å². The number of nitrogen functional groups attached to an aromatic ring is 1. The lowest BCUT2D eigenvalue weighted by Crippen LogP contribution is -2.19. The highest BCUT2D eigenvalue weighted by Gasteiger charge is 2.15. The molecule has 0 unspecified atom stereocenters. The molecule has 0 aliphatic carbocycles. The van der Waals surface area contributed by atoms with Gasteiger partial charge in [0.25, 0.3) is 0 Å². The molecule has 1 aliphatic heterocycles. The molecule has 1 saturated heterocycles. The molecule has 0 aromatic carbocycles. The molecule has 2 heterocycles. The Kier molecular flexibility index (Phi) is 2.40. The number of pyridine rings is 1. The van der Waals surface area contributed by atoms with Gasteiger partial charge in [-0.2, -0.15) is 0 Å². The molecule has 0 amide bonds. The Balaban J connectivity index is 2.32. The van der Waals surface area contributed by atoms with E-state index in [-0.39, 0.29) is 0 Å². The number of hydrogen-bond acceptors (Lipinski definition) is 3. The highest BCUT2D eigenvalue weighted by Crippen LogP contribution is 2.27. The molecule has 1 fully saturated rings. The van der Waals surface area contributed by atoms with Crippen molar-refractivity contribution in [3.05, 3.63) is 16.7 Å². The number of rotatable bonds is 1. The van der Waals surface area contributed by atoms with Crippen LogP contribution in [0.4, 0.5) is 11.5 Å². The van der Waals surface area contributed by atoms with Crippen LogP contribution in [0.25, 0.3) is 0 Å². The van der Waals surface area contributed by atoms with Crippen molar-refractivity contribution in [3.63, 3.8) is 0 Å². The minimum absolute atomic E-state index is 0.630. The van der Waals surface area contributed by atoms with Crippen LogP contribution in [-0.2, 0) is 0 Å². The second kappa shape index (κ2) is 3.54. The van der Waals surface area contributed by atoms with Gasteiger partial charge in [0.15, 0.2) is 0 Å². The summed E-state index contributed by atoms with van der Waals surface area (Å²) in [5, 5.41) is 0. The minimum Gasteiger partial charge on any atom is -0.382 e. The third-order valence-electron chi connectivity index (χ3n) is 2.31. The fraction of sp³-hybridized carbons (Fsp3) is 0.444. The summed E-state index contributed by atoms with van der Waals surface area (Å²) in [4.78, 5) is 6.40. The number of hydrogen-bond donors (Lipinski definition) is 1. The van der Waals surface area contributed by atoms with Crippen LogP contribution in [0.1, 0.15) is 12.8 Å². The average Bonchev–Trinajstić information content (AvgIpc) is 2.61. The van der Waals surface area contributed by atoms with E-state index in [1.165, 1.54) is 12.8 Å². The van der Waals surface area contributed by atoms with Gasteiger partial charge in [-0.05, 0) is 34.8 Å². The van der Waals surface area contributed by atoms with Gasteiger partial charge in [0.05, 0.1) is 5.69 Å². The zero-order chi connectivity index (χ0) is 9.26. The number of nitrogens with two attached hydrogens (primary N) is 1. The molecule has 0 spiro atoms. The second-order valence-electron chi connectivity index (χ2n) is 3.25. The molecular weight excluding hydrogens is 230 g/mol. The second-order valence-corrected chi connectivity index (χ2v) is 4.17. The summed E-state index contributed by atoms with van der Waals surface area (Å²) >= 11 is 3.40. The third kappa shape index (κ3) is 1.77. The largest absolute Gasteiger partial charge is 0.382 e. The van der Waals surface area contributed by atoms with Crippen LogP contribution in [0.2, 0.25) is 0 Å². The monoisotopic (exact) mass is 241 g/mol. The Hall–Kier alpha value is -0.770. The van der Waals surface area contributed by atoms with Crippen molar-refractivity contribution >= 4 is 27.4 Å². The van der Waals surface area contributed by atoms with E-state index >= 15 is 0 Å². The van der Waals surface area contributed by atoms with Gasteiger partial charge in [-0.15, -0.1) is 0 Å². The topological polar surface area (TPSA) is 42.1 Å². The first-order valence-corrected chi connectivity index (χ1v) is 5.22. The molecule has 3 nitrogen and oxygen atoms in total. The third-order valence-corrected chi connectivity index (χ3v) is 2.74. The fourth-order valence-electron chi connectivity index (χ4n) is 1.65. The summed E-state index contributed by atoms with van der Waals surface area (Å²) in [6, 6.07) is 2.04. The Morgan fingerprint density at radius 1 is 1.38 bits per heavy atom. The lowest BCUT2D eigenvalue weighted by molar-refractivity contribution is 0.949. The minimum atomic E-state index is 0.630. The Bertz CT molecular complexity index is 308. The lowest BCUT2D eigenvalue weighted by atomic mass is 10.3. The van der Waals surface area contributed by atoms with E-state index in [4.69, 9.17) is 5.73 Å². The molecule has 13 heavy (non-hydrogen) atoms. The van der Waals surface area contributed by atoms with E-state index in [1.54, 1.807) is 6.20 Å². The van der Waals surface area contributed by atoms with Crippen molar-refractivity contribution in [2.75, 3.05) is 23.7 Å². The first-order valence-electron chi connectivity index (χ1n) is 4.43. The maximum atomic E-state index is 5.80. The highest BCUT2D eigenvalue weighted by molar-refractivity contribution is 9.10. The zero-order valence-electron chi connectivity index (χ0n) is 7.33. The SMILES string of the molecule is Nc1ncc(Br)cc1N1CCCC1. The van der Waals surface area contributed by atoms with Crippen LogP contribution in [0, 0.1) is 0 Å². The summed E-state index contributed by atoms with van der Waals surface area (Å²) < 4.78 is 0.989. The summed E-state index contributed by atoms with van der Waals surface area (Å²) in [6.07, 6.45) is 4.24. The average molecular weight is 242 g/mol. The van der Waals surface area contributed by atoms with E-state index in [1.807, 2.05) is 6.07 Å². The molecule has 2 rings (SSSR count). The molecule has 70 valence electrons. The Morgan fingerprint density at radius 2 is 2.08 bits per heavy atom. The van der Waals surface area contributed by atoms with E-state index in [0.29, 0.717) is 5.82 Å². The van der Waals surface area contributed by atoms with Crippen molar-refractivity contribution in [2.24, 2.45) is 0 Å². The van der Waals surface area contributed by atoms with Crippen LogP contribution in [-0.4, -0.2) is 18.1 Å². The van der Waals surface area contributed by atoms with Gasteiger partial charge in [-0.1, -0.05) is 0 Å². The van der Waals surface area contributed by atoms with Gasteiger partial charge in [-0.3, -0.25) is 0 Å². The Labute approximate surface area is 86.1 Å². The first-order chi connectivity index (χ1) is 6.27. The van der Waals surface area contributed by atoms with E-state index in [0.717, 1.165) is 23.2 Å². The quantitative estimate of drug-likeness (QED) is 0.819. The van der Waals surface area contributed by atoms with Gasteiger partial charge >= 0.3 is 0 Å². The number of anilines is 2. The van der Waals surface area contributed by atoms with Gasteiger partial charge in [0.2, 0.25) is 0 Å². The molecule has 0 atom stereocenters. The van der Waals surface area contributed by atoms with Crippen molar-refractivity contribution in [2.45, 2.75) is 12.8 Å². The maximum Gasteiger partial charge on any atom is 0.147 e. The first kappa shape index (κ1) is 8.81. The predicted octanol–water partition coefficient (Wildman–Crippen LogP) is 2.03. The van der Waals surface area contributed by atoms with Crippen molar-refractivity contribution < 1.29 is 0 Å². The van der Waals surface area contributed by atoms with Gasteiger partial charge in [0, 0.05) is 23.8 Å². The highest BCUT2D eigenvalue weighted by atomic mass is 79.9. The molecular formula is C9H12BrN3. The van der Waals surface area contributed by atoms with Crippen LogP contribution >= 0.6 is 15.9 Å². The van der Waals surface area contributed by atoms with E-state index < -0.39 is 0 Å². The molecule has 1 aromatic rings. The molecule has 1 aliphatic rings. The number of halogens is 1. The summed E-state index contributed by atoms with van der Waals surface area (Å²) in [5.41, 5.74) is 6.86. The van der Waals surface area contributed by atoms with Crippen LogP contribution in [0.3, 0.4) is 0 Å². The number of aromatic nitrogens is 1. The molecule has 1 aromatic heterocycles. The van der Waals surface area contributed by atoms with Crippen molar-refractivity contribution in [1.29, 1.82) is 0 Å². The van der Waals surface area contributed by atoms with E-state index in [9.17, 15) is 0 Å². The summed E-state index contributed by atoms with van der Waals surface area (Å²) in [6.45, 7) is 2.20.